The van der Waals surface area contributed by atoms with Crippen LogP contribution in [0.2, 0.25) is 0 Å². The Morgan fingerprint density at radius 1 is 1.47 bits per heavy atom. The number of nitrogens with zero attached hydrogens (tertiary/aromatic N) is 3. The molecular formula is C13H17N5S. The summed E-state index contributed by atoms with van der Waals surface area (Å²) in [4.78, 5) is 0.392. The second-order valence-electron chi connectivity index (χ2n) is 4.25. The molecule has 0 fully saturated rings. The van der Waals surface area contributed by atoms with Gasteiger partial charge in [0, 0.05) is 17.8 Å². The maximum Gasteiger partial charge on any atom is 0.152 e. The van der Waals surface area contributed by atoms with Crippen LogP contribution in [-0.2, 0) is 13.1 Å². The van der Waals surface area contributed by atoms with E-state index in [1.165, 1.54) is 0 Å². The van der Waals surface area contributed by atoms with E-state index in [-0.39, 0.29) is 0 Å². The van der Waals surface area contributed by atoms with Crippen LogP contribution in [0.15, 0.2) is 24.5 Å². The highest BCUT2D eigenvalue weighted by Gasteiger charge is 2.09. The standard InChI is InChI=1S/C13H17N5S/c1-3-18-8-16-17-11(18)7-15-12-9(2)5-4-6-10(12)13(14)19/h4-6,8,15H,3,7H2,1-2H3,(H2,14,19). The van der Waals surface area contributed by atoms with Crippen LogP contribution < -0.4 is 11.1 Å². The number of thiocarbonyl (C=S) groups is 1. The lowest BCUT2D eigenvalue weighted by atomic mass is 10.1. The number of hydrogen-bond donors (Lipinski definition) is 2. The minimum atomic E-state index is 0.392. The summed E-state index contributed by atoms with van der Waals surface area (Å²) >= 11 is 5.08. The first-order valence-corrected chi connectivity index (χ1v) is 6.54. The zero-order valence-electron chi connectivity index (χ0n) is 11.1. The Hall–Kier alpha value is -1.95. The summed E-state index contributed by atoms with van der Waals surface area (Å²) in [7, 11) is 0. The van der Waals surface area contributed by atoms with E-state index in [0.29, 0.717) is 11.5 Å². The van der Waals surface area contributed by atoms with Gasteiger partial charge in [0.15, 0.2) is 5.82 Å². The molecule has 2 aromatic rings. The average molecular weight is 275 g/mol. The molecule has 0 bridgehead atoms. The van der Waals surface area contributed by atoms with Gasteiger partial charge in [-0.2, -0.15) is 0 Å². The maximum atomic E-state index is 5.75. The van der Waals surface area contributed by atoms with Crippen molar-refractivity contribution in [2.75, 3.05) is 5.32 Å². The first-order chi connectivity index (χ1) is 9.13. The highest BCUT2D eigenvalue weighted by Crippen LogP contribution is 2.21. The van der Waals surface area contributed by atoms with Crippen molar-refractivity contribution in [1.82, 2.24) is 14.8 Å². The highest BCUT2D eigenvalue weighted by atomic mass is 32.1. The average Bonchev–Trinajstić information content (AvgIpc) is 2.84. The molecule has 2 rings (SSSR count). The molecule has 0 atom stereocenters. The Morgan fingerprint density at radius 3 is 2.95 bits per heavy atom. The van der Waals surface area contributed by atoms with E-state index in [4.69, 9.17) is 18.0 Å². The van der Waals surface area contributed by atoms with Crippen LogP contribution in [0, 0.1) is 6.92 Å². The Bertz CT molecular complexity index is 590. The number of para-hydroxylation sites is 1. The van der Waals surface area contributed by atoms with Gasteiger partial charge in [0.05, 0.1) is 6.54 Å². The molecule has 19 heavy (non-hydrogen) atoms. The first-order valence-electron chi connectivity index (χ1n) is 6.13. The van der Waals surface area contributed by atoms with Crippen LogP contribution >= 0.6 is 12.2 Å². The Morgan fingerprint density at radius 2 is 2.26 bits per heavy atom. The molecule has 6 heteroatoms. The lowest BCUT2D eigenvalue weighted by Gasteiger charge is -2.14. The summed E-state index contributed by atoms with van der Waals surface area (Å²) in [6.07, 6.45) is 1.73. The van der Waals surface area contributed by atoms with Crippen LogP contribution in [0.4, 0.5) is 5.69 Å². The van der Waals surface area contributed by atoms with E-state index in [2.05, 4.69) is 22.4 Å². The molecule has 0 spiro atoms. The first kappa shape index (κ1) is 13.5. The topological polar surface area (TPSA) is 68.8 Å². The van der Waals surface area contributed by atoms with Gasteiger partial charge in [-0.15, -0.1) is 10.2 Å². The number of rotatable bonds is 5. The zero-order valence-corrected chi connectivity index (χ0v) is 11.9. The zero-order chi connectivity index (χ0) is 13.8. The molecule has 0 saturated heterocycles. The minimum absolute atomic E-state index is 0.392. The van der Waals surface area contributed by atoms with Crippen molar-refractivity contribution < 1.29 is 0 Å². The van der Waals surface area contributed by atoms with Crippen molar-refractivity contribution in [3.63, 3.8) is 0 Å². The maximum absolute atomic E-state index is 5.75. The van der Waals surface area contributed by atoms with E-state index in [1.807, 2.05) is 29.7 Å². The number of nitrogens with two attached hydrogens (primary N) is 1. The van der Waals surface area contributed by atoms with Gasteiger partial charge >= 0.3 is 0 Å². The largest absolute Gasteiger partial charge is 0.389 e. The number of aryl methyl sites for hydroxylation is 2. The van der Waals surface area contributed by atoms with Gasteiger partial charge in [-0.1, -0.05) is 24.4 Å². The third-order valence-electron chi connectivity index (χ3n) is 3.00. The molecule has 1 heterocycles. The molecule has 5 nitrogen and oxygen atoms in total. The fraction of sp³-hybridized carbons (Fsp3) is 0.308. The third kappa shape index (κ3) is 2.90. The Kier molecular flexibility index (Phi) is 4.11. The normalized spacial score (nSPS) is 10.4. The molecule has 0 aliphatic heterocycles. The molecule has 3 N–H and O–H groups in total. The van der Waals surface area contributed by atoms with Crippen molar-refractivity contribution >= 4 is 22.9 Å². The second-order valence-corrected chi connectivity index (χ2v) is 4.69. The van der Waals surface area contributed by atoms with Crippen molar-refractivity contribution in [2.45, 2.75) is 26.9 Å². The van der Waals surface area contributed by atoms with Crippen LogP contribution in [0.5, 0.6) is 0 Å². The summed E-state index contributed by atoms with van der Waals surface area (Å²) in [5.74, 6) is 0.889. The van der Waals surface area contributed by atoms with Gasteiger partial charge in [-0.3, -0.25) is 0 Å². The number of hydrogen-bond acceptors (Lipinski definition) is 4. The summed E-state index contributed by atoms with van der Waals surface area (Å²) in [5.41, 5.74) is 8.67. The number of benzene rings is 1. The van der Waals surface area contributed by atoms with Crippen molar-refractivity contribution in [2.24, 2.45) is 5.73 Å². The molecular weight excluding hydrogens is 258 g/mol. The van der Waals surface area contributed by atoms with Crippen LogP contribution in [0.1, 0.15) is 23.9 Å². The fourth-order valence-corrected chi connectivity index (χ4v) is 2.13. The van der Waals surface area contributed by atoms with Crippen LogP contribution in [-0.4, -0.2) is 19.8 Å². The van der Waals surface area contributed by atoms with Gasteiger partial charge in [-0.05, 0) is 25.5 Å². The Labute approximate surface area is 117 Å². The molecule has 0 aliphatic carbocycles. The van der Waals surface area contributed by atoms with Gasteiger partial charge in [0.25, 0.3) is 0 Å². The van der Waals surface area contributed by atoms with Gasteiger partial charge in [-0.25, -0.2) is 0 Å². The SMILES string of the molecule is CCn1cnnc1CNc1c(C)cccc1C(N)=S. The predicted molar refractivity (Wildman–Crippen MR) is 80.1 cm³/mol. The van der Waals surface area contributed by atoms with E-state index in [0.717, 1.165) is 29.2 Å². The summed E-state index contributed by atoms with van der Waals surface area (Å²) in [6.45, 7) is 5.52. The quantitative estimate of drug-likeness (QED) is 0.815. The summed E-state index contributed by atoms with van der Waals surface area (Å²) in [6, 6.07) is 5.89. The summed E-state index contributed by atoms with van der Waals surface area (Å²) < 4.78 is 1.99. The number of anilines is 1. The molecule has 0 amide bonds. The minimum Gasteiger partial charge on any atom is -0.389 e. The third-order valence-corrected chi connectivity index (χ3v) is 3.22. The van der Waals surface area contributed by atoms with E-state index in [9.17, 15) is 0 Å². The smallest absolute Gasteiger partial charge is 0.152 e. The number of nitrogens with one attached hydrogen (secondary N) is 1. The van der Waals surface area contributed by atoms with E-state index >= 15 is 0 Å². The highest BCUT2D eigenvalue weighted by molar-refractivity contribution is 7.80. The monoisotopic (exact) mass is 275 g/mol. The molecule has 0 unspecified atom stereocenters. The Balaban J connectivity index is 2.22. The van der Waals surface area contributed by atoms with Gasteiger partial charge < -0.3 is 15.6 Å². The summed E-state index contributed by atoms with van der Waals surface area (Å²) in [5, 5.41) is 11.3. The van der Waals surface area contributed by atoms with Crippen molar-refractivity contribution in [1.29, 1.82) is 0 Å². The van der Waals surface area contributed by atoms with Crippen molar-refractivity contribution in [3.05, 3.63) is 41.5 Å². The second kappa shape index (κ2) is 5.79. The molecule has 1 aromatic heterocycles. The lowest BCUT2D eigenvalue weighted by Crippen LogP contribution is -2.15. The molecule has 100 valence electrons. The molecule has 1 aromatic carbocycles. The van der Waals surface area contributed by atoms with Gasteiger partial charge in [0.2, 0.25) is 0 Å². The van der Waals surface area contributed by atoms with Crippen LogP contribution in [0.25, 0.3) is 0 Å². The lowest BCUT2D eigenvalue weighted by molar-refractivity contribution is 0.708. The van der Waals surface area contributed by atoms with Gasteiger partial charge in [0.1, 0.15) is 11.3 Å². The number of aromatic nitrogens is 3. The van der Waals surface area contributed by atoms with Crippen molar-refractivity contribution in [3.8, 4) is 0 Å². The fourth-order valence-electron chi connectivity index (χ4n) is 1.96. The molecule has 0 aliphatic rings. The van der Waals surface area contributed by atoms with E-state index < -0.39 is 0 Å². The van der Waals surface area contributed by atoms with Crippen LogP contribution in [0.3, 0.4) is 0 Å². The molecule has 0 radical (unpaired) electrons. The predicted octanol–water partition coefficient (Wildman–Crippen LogP) is 1.85. The van der Waals surface area contributed by atoms with E-state index in [1.54, 1.807) is 6.33 Å². The molecule has 0 saturated carbocycles.